The van der Waals surface area contributed by atoms with E-state index in [1.54, 1.807) is 0 Å². The van der Waals surface area contributed by atoms with Gasteiger partial charge in [0.25, 0.3) is 0 Å². The lowest BCUT2D eigenvalue weighted by Crippen LogP contribution is -2.47. The Morgan fingerprint density at radius 2 is 1.50 bits per heavy atom. The predicted molar refractivity (Wildman–Crippen MR) is 101 cm³/mol. The monoisotopic (exact) mass is 355 g/mol. The summed E-state index contributed by atoms with van der Waals surface area (Å²) in [6.07, 6.45) is 1.86. The third-order valence-electron chi connectivity index (χ3n) is 4.80. The largest absolute Gasteiger partial charge is 0.378 e. The summed E-state index contributed by atoms with van der Waals surface area (Å²) in [6, 6.07) is 4.04. The topological polar surface area (TPSA) is 70.5 Å². The molecule has 138 valence electrons. The van der Waals surface area contributed by atoms with Crippen LogP contribution in [-0.4, -0.2) is 72.4 Å². The molecular weight excluding hydrogens is 330 g/mol. The van der Waals surface area contributed by atoms with Crippen molar-refractivity contribution in [1.29, 1.82) is 0 Å². The second-order valence-electron chi connectivity index (χ2n) is 6.70. The van der Waals surface area contributed by atoms with Crippen LogP contribution in [-0.2, 0) is 4.74 Å². The van der Waals surface area contributed by atoms with Crippen LogP contribution in [0, 0.1) is 13.8 Å². The second-order valence-corrected chi connectivity index (χ2v) is 6.70. The first-order chi connectivity index (χ1) is 12.7. The van der Waals surface area contributed by atoms with Gasteiger partial charge in [0.1, 0.15) is 17.5 Å². The number of aromatic nitrogens is 4. The van der Waals surface area contributed by atoms with Crippen molar-refractivity contribution in [2.24, 2.45) is 0 Å². The van der Waals surface area contributed by atoms with Crippen LogP contribution in [0.1, 0.15) is 11.5 Å². The number of rotatable bonds is 3. The Labute approximate surface area is 153 Å². The Balaban J connectivity index is 1.43. The molecule has 0 amide bonds. The minimum Gasteiger partial charge on any atom is -0.378 e. The molecule has 8 nitrogen and oxygen atoms in total. The molecule has 8 heteroatoms. The molecule has 2 aliphatic heterocycles. The molecule has 4 heterocycles. The minimum absolute atomic E-state index is 0.760. The molecule has 0 radical (unpaired) electrons. The first kappa shape index (κ1) is 17.0. The Kier molecular flexibility index (Phi) is 4.83. The molecular formula is C18H25N7O. The summed E-state index contributed by atoms with van der Waals surface area (Å²) >= 11 is 0. The molecule has 0 unspecified atom stereocenters. The third-order valence-corrected chi connectivity index (χ3v) is 4.80. The van der Waals surface area contributed by atoms with E-state index in [4.69, 9.17) is 9.72 Å². The number of aryl methyl sites for hydroxylation is 2. The molecule has 0 spiro atoms. The third kappa shape index (κ3) is 3.70. The van der Waals surface area contributed by atoms with Gasteiger partial charge in [0.2, 0.25) is 5.95 Å². The number of piperazine rings is 1. The molecule has 0 saturated carbocycles. The number of hydrogen-bond acceptors (Lipinski definition) is 8. The van der Waals surface area contributed by atoms with E-state index in [9.17, 15) is 0 Å². The van der Waals surface area contributed by atoms with Gasteiger partial charge in [-0.15, -0.1) is 0 Å². The zero-order valence-corrected chi connectivity index (χ0v) is 15.4. The molecule has 2 fully saturated rings. The highest BCUT2D eigenvalue weighted by molar-refractivity contribution is 5.46. The Morgan fingerprint density at radius 1 is 0.808 bits per heavy atom. The summed E-state index contributed by atoms with van der Waals surface area (Å²) in [6.45, 7) is 10.8. The zero-order valence-electron chi connectivity index (χ0n) is 15.4. The molecule has 2 saturated heterocycles. The van der Waals surface area contributed by atoms with Crippen molar-refractivity contribution < 1.29 is 4.74 Å². The van der Waals surface area contributed by atoms with Gasteiger partial charge in [0, 0.05) is 57.2 Å². The summed E-state index contributed by atoms with van der Waals surface area (Å²) in [5.74, 6) is 3.63. The van der Waals surface area contributed by atoms with Crippen molar-refractivity contribution >= 4 is 17.6 Å². The summed E-state index contributed by atoms with van der Waals surface area (Å²) < 4.78 is 5.43. The van der Waals surface area contributed by atoms with Gasteiger partial charge in [-0.05, 0) is 19.9 Å². The van der Waals surface area contributed by atoms with Crippen molar-refractivity contribution in [3.8, 4) is 0 Å². The average molecular weight is 355 g/mol. The summed E-state index contributed by atoms with van der Waals surface area (Å²) in [5.41, 5.74) is 1.01. The van der Waals surface area contributed by atoms with E-state index in [2.05, 4.69) is 35.7 Å². The van der Waals surface area contributed by atoms with Crippen LogP contribution in [0.15, 0.2) is 18.3 Å². The average Bonchev–Trinajstić information content (AvgIpc) is 2.68. The minimum atomic E-state index is 0.760. The van der Waals surface area contributed by atoms with Gasteiger partial charge >= 0.3 is 0 Å². The highest BCUT2D eigenvalue weighted by Gasteiger charge is 2.21. The van der Waals surface area contributed by atoms with Crippen LogP contribution >= 0.6 is 0 Å². The molecule has 0 atom stereocenters. The normalized spacial score (nSPS) is 18.3. The number of anilines is 3. The summed E-state index contributed by atoms with van der Waals surface area (Å²) in [5, 5.41) is 0. The van der Waals surface area contributed by atoms with E-state index in [0.29, 0.717) is 0 Å². The van der Waals surface area contributed by atoms with E-state index in [1.807, 2.05) is 26.1 Å². The van der Waals surface area contributed by atoms with Crippen molar-refractivity contribution in [2.75, 3.05) is 67.2 Å². The van der Waals surface area contributed by atoms with E-state index >= 15 is 0 Å². The van der Waals surface area contributed by atoms with Gasteiger partial charge in [-0.3, -0.25) is 0 Å². The molecule has 0 aliphatic carbocycles. The lowest BCUT2D eigenvalue weighted by atomic mass is 10.3. The molecule has 2 aromatic heterocycles. The van der Waals surface area contributed by atoms with Crippen LogP contribution in [0.2, 0.25) is 0 Å². The van der Waals surface area contributed by atoms with E-state index in [0.717, 1.165) is 81.6 Å². The molecule has 26 heavy (non-hydrogen) atoms. The van der Waals surface area contributed by atoms with Crippen molar-refractivity contribution in [1.82, 2.24) is 19.9 Å². The first-order valence-electron chi connectivity index (χ1n) is 9.17. The van der Waals surface area contributed by atoms with Gasteiger partial charge in [0.05, 0.1) is 13.2 Å². The van der Waals surface area contributed by atoms with Crippen molar-refractivity contribution in [2.45, 2.75) is 13.8 Å². The lowest BCUT2D eigenvalue weighted by molar-refractivity contribution is 0.122. The van der Waals surface area contributed by atoms with Crippen molar-refractivity contribution in [3.63, 3.8) is 0 Å². The van der Waals surface area contributed by atoms with Crippen LogP contribution in [0.25, 0.3) is 0 Å². The molecule has 0 aromatic carbocycles. The SMILES string of the molecule is Cc1cc(N2CCN(c3nccc(N4CCOCC4)n3)CC2)nc(C)n1. The van der Waals surface area contributed by atoms with Gasteiger partial charge < -0.3 is 19.4 Å². The molecule has 2 aliphatic rings. The number of ether oxygens (including phenoxy) is 1. The van der Waals surface area contributed by atoms with Gasteiger partial charge in [-0.25, -0.2) is 15.0 Å². The zero-order chi connectivity index (χ0) is 17.9. The standard InChI is InChI=1S/C18H25N7O/c1-14-13-17(21-15(2)20-14)23-5-7-25(8-6-23)18-19-4-3-16(22-18)24-9-11-26-12-10-24/h3-4,13H,5-12H2,1-2H3. The maximum absolute atomic E-state index is 5.43. The predicted octanol–water partition coefficient (Wildman–Crippen LogP) is 1.05. The maximum Gasteiger partial charge on any atom is 0.227 e. The number of hydrogen-bond donors (Lipinski definition) is 0. The van der Waals surface area contributed by atoms with Crippen molar-refractivity contribution in [3.05, 3.63) is 29.8 Å². The summed E-state index contributed by atoms with van der Waals surface area (Å²) in [7, 11) is 0. The lowest BCUT2D eigenvalue weighted by Gasteiger charge is -2.36. The Morgan fingerprint density at radius 3 is 2.23 bits per heavy atom. The van der Waals surface area contributed by atoms with E-state index in [-0.39, 0.29) is 0 Å². The van der Waals surface area contributed by atoms with E-state index in [1.165, 1.54) is 0 Å². The Bertz CT molecular complexity index is 735. The molecule has 0 N–H and O–H groups in total. The molecule has 2 aromatic rings. The fraction of sp³-hybridized carbons (Fsp3) is 0.556. The van der Waals surface area contributed by atoms with Crippen LogP contribution in [0.3, 0.4) is 0 Å². The first-order valence-corrected chi connectivity index (χ1v) is 9.17. The molecule has 4 rings (SSSR count). The van der Waals surface area contributed by atoms with Gasteiger partial charge in [0.15, 0.2) is 0 Å². The van der Waals surface area contributed by atoms with E-state index < -0.39 is 0 Å². The number of morpholine rings is 1. The smallest absolute Gasteiger partial charge is 0.227 e. The highest BCUT2D eigenvalue weighted by atomic mass is 16.5. The second kappa shape index (κ2) is 7.41. The maximum atomic E-state index is 5.43. The molecule has 0 bridgehead atoms. The fourth-order valence-electron chi connectivity index (χ4n) is 3.46. The van der Waals surface area contributed by atoms with Crippen LogP contribution in [0.5, 0.6) is 0 Å². The summed E-state index contributed by atoms with van der Waals surface area (Å²) in [4.78, 5) is 25.0. The number of nitrogens with zero attached hydrogens (tertiary/aromatic N) is 7. The fourth-order valence-corrected chi connectivity index (χ4v) is 3.46. The van der Waals surface area contributed by atoms with Gasteiger partial charge in [-0.1, -0.05) is 0 Å². The Hall–Kier alpha value is -2.48. The quantitative estimate of drug-likeness (QED) is 0.809. The van der Waals surface area contributed by atoms with Gasteiger partial charge in [-0.2, -0.15) is 4.98 Å². The van der Waals surface area contributed by atoms with Crippen LogP contribution in [0.4, 0.5) is 17.6 Å². The highest BCUT2D eigenvalue weighted by Crippen LogP contribution is 2.20. The van der Waals surface area contributed by atoms with Crippen LogP contribution < -0.4 is 14.7 Å².